The Morgan fingerprint density at radius 1 is 0.889 bits per heavy atom. The van der Waals surface area contributed by atoms with Gasteiger partial charge < -0.3 is 0 Å². The van der Waals surface area contributed by atoms with Gasteiger partial charge in [0.1, 0.15) is 11.1 Å². The summed E-state index contributed by atoms with van der Waals surface area (Å²) >= 11 is 1.71. The molecular weight excluding hydrogens is 348 g/mol. The zero-order chi connectivity index (χ0) is 18.9. The summed E-state index contributed by atoms with van der Waals surface area (Å²) in [6.45, 7) is 2.22. The van der Waals surface area contributed by atoms with Crippen LogP contribution in [0.3, 0.4) is 0 Å². The van der Waals surface area contributed by atoms with Crippen LogP contribution in [-0.4, -0.2) is 10.7 Å². The Morgan fingerprint density at radius 2 is 1.56 bits per heavy atom. The lowest BCUT2D eigenvalue weighted by atomic mass is 9.99. The fourth-order valence-electron chi connectivity index (χ4n) is 3.03. The molecule has 3 rings (SSSR count). The molecule has 136 valence electrons. The number of aromatic nitrogens is 1. The van der Waals surface area contributed by atoms with E-state index in [2.05, 4.69) is 37.3 Å². The molecule has 0 aliphatic carbocycles. The molecular formula is C24H24N2S. The van der Waals surface area contributed by atoms with Crippen molar-refractivity contribution in [3.05, 3.63) is 72.3 Å². The van der Waals surface area contributed by atoms with Crippen molar-refractivity contribution in [1.82, 2.24) is 4.98 Å². The second kappa shape index (κ2) is 9.94. The van der Waals surface area contributed by atoms with Crippen LogP contribution in [0.4, 0.5) is 0 Å². The van der Waals surface area contributed by atoms with E-state index in [4.69, 9.17) is 4.98 Å². The third-order valence-electron chi connectivity index (χ3n) is 4.49. The molecule has 0 fully saturated rings. The molecule has 1 aromatic heterocycles. The Bertz CT molecular complexity index is 899. The van der Waals surface area contributed by atoms with Crippen LogP contribution in [-0.2, 0) is 0 Å². The minimum atomic E-state index is 0.682. The lowest BCUT2D eigenvalue weighted by molar-refractivity contribution is 0.706. The van der Waals surface area contributed by atoms with E-state index in [1.54, 1.807) is 11.8 Å². The van der Waals surface area contributed by atoms with Gasteiger partial charge in [-0.1, -0.05) is 86.8 Å². The van der Waals surface area contributed by atoms with Gasteiger partial charge in [0.25, 0.3) is 0 Å². The van der Waals surface area contributed by atoms with Gasteiger partial charge in [-0.2, -0.15) is 5.26 Å². The number of hydrogen-bond acceptors (Lipinski definition) is 3. The van der Waals surface area contributed by atoms with Gasteiger partial charge in [0.05, 0.1) is 11.3 Å². The quantitative estimate of drug-likeness (QED) is 0.317. The first kappa shape index (κ1) is 19.2. The lowest BCUT2D eigenvalue weighted by Crippen LogP contribution is -1.96. The van der Waals surface area contributed by atoms with Gasteiger partial charge in [-0.05, 0) is 23.8 Å². The van der Waals surface area contributed by atoms with Crippen molar-refractivity contribution in [1.29, 1.82) is 5.26 Å². The molecule has 3 heteroatoms. The average molecular weight is 373 g/mol. The van der Waals surface area contributed by atoms with Crippen molar-refractivity contribution >= 4 is 11.8 Å². The van der Waals surface area contributed by atoms with E-state index in [0.717, 1.165) is 39.6 Å². The van der Waals surface area contributed by atoms with Crippen LogP contribution in [0.15, 0.2) is 71.8 Å². The smallest absolute Gasteiger partial charge is 0.115 e. The van der Waals surface area contributed by atoms with E-state index in [0.29, 0.717) is 5.56 Å². The minimum Gasteiger partial charge on any atom is -0.240 e. The van der Waals surface area contributed by atoms with Crippen LogP contribution < -0.4 is 0 Å². The summed E-state index contributed by atoms with van der Waals surface area (Å²) < 4.78 is 0. The molecule has 0 saturated carbocycles. The van der Waals surface area contributed by atoms with Crippen molar-refractivity contribution in [3.63, 3.8) is 0 Å². The number of thioether (sulfide) groups is 1. The normalized spacial score (nSPS) is 10.5. The van der Waals surface area contributed by atoms with E-state index in [-0.39, 0.29) is 0 Å². The monoisotopic (exact) mass is 372 g/mol. The third kappa shape index (κ3) is 4.99. The molecule has 1 heterocycles. The molecule has 2 aromatic carbocycles. The zero-order valence-corrected chi connectivity index (χ0v) is 16.5. The maximum Gasteiger partial charge on any atom is 0.115 e. The highest BCUT2D eigenvalue weighted by Crippen LogP contribution is 2.34. The van der Waals surface area contributed by atoms with Gasteiger partial charge in [0.15, 0.2) is 0 Å². The number of pyridine rings is 1. The zero-order valence-electron chi connectivity index (χ0n) is 15.7. The molecule has 0 aliphatic rings. The highest BCUT2D eigenvalue weighted by atomic mass is 32.2. The molecule has 0 spiro atoms. The van der Waals surface area contributed by atoms with Gasteiger partial charge in [-0.15, -0.1) is 11.8 Å². The molecule has 2 nitrogen and oxygen atoms in total. The van der Waals surface area contributed by atoms with E-state index in [1.807, 2.05) is 42.5 Å². The summed E-state index contributed by atoms with van der Waals surface area (Å²) in [6, 6.07) is 24.8. The van der Waals surface area contributed by atoms with Gasteiger partial charge >= 0.3 is 0 Å². The number of unbranched alkanes of at least 4 members (excludes halogenated alkanes) is 3. The van der Waals surface area contributed by atoms with Crippen molar-refractivity contribution < 1.29 is 0 Å². The molecule has 27 heavy (non-hydrogen) atoms. The summed E-state index contributed by atoms with van der Waals surface area (Å²) in [6.07, 6.45) is 4.88. The largest absolute Gasteiger partial charge is 0.240 e. The molecule has 3 aromatic rings. The maximum absolute atomic E-state index is 9.86. The maximum atomic E-state index is 9.86. The number of nitriles is 1. The third-order valence-corrected chi connectivity index (χ3v) is 5.55. The summed E-state index contributed by atoms with van der Waals surface area (Å²) in [4.78, 5) is 4.86. The van der Waals surface area contributed by atoms with Crippen LogP contribution in [0.1, 0.15) is 38.2 Å². The molecule has 0 amide bonds. The Balaban J connectivity index is 2.01. The lowest BCUT2D eigenvalue weighted by Gasteiger charge is -2.12. The van der Waals surface area contributed by atoms with Gasteiger partial charge in [0, 0.05) is 11.1 Å². The second-order valence-corrected chi connectivity index (χ2v) is 7.57. The van der Waals surface area contributed by atoms with Crippen molar-refractivity contribution in [2.24, 2.45) is 0 Å². The Kier molecular flexibility index (Phi) is 7.07. The number of benzene rings is 2. The number of rotatable bonds is 8. The Morgan fingerprint density at radius 3 is 2.19 bits per heavy atom. The Labute approximate surface area is 166 Å². The SMILES string of the molecule is CCCCCCSc1nc(-c2ccccc2)cc(-c2ccccc2)c1C#N. The van der Waals surface area contributed by atoms with Gasteiger partial charge in [-0.25, -0.2) is 4.98 Å². The standard InChI is InChI=1S/C24H24N2S/c1-2-3-4-11-16-27-24-22(18-25)21(19-12-7-5-8-13-19)17-23(26-24)20-14-9-6-10-15-20/h5-10,12-15,17H,2-4,11,16H2,1H3. The first-order valence-electron chi connectivity index (χ1n) is 9.52. The molecule has 0 atom stereocenters. The van der Waals surface area contributed by atoms with Crippen LogP contribution >= 0.6 is 11.8 Å². The van der Waals surface area contributed by atoms with Crippen LogP contribution in [0, 0.1) is 11.3 Å². The summed E-state index contributed by atoms with van der Waals surface area (Å²) in [7, 11) is 0. The summed E-state index contributed by atoms with van der Waals surface area (Å²) in [5, 5.41) is 10.7. The molecule has 0 N–H and O–H groups in total. The predicted molar refractivity (Wildman–Crippen MR) is 115 cm³/mol. The average Bonchev–Trinajstić information content (AvgIpc) is 2.74. The van der Waals surface area contributed by atoms with Crippen LogP contribution in [0.5, 0.6) is 0 Å². The van der Waals surface area contributed by atoms with Gasteiger partial charge in [-0.3, -0.25) is 0 Å². The van der Waals surface area contributed by atoms with Crippen LogP contribution in [0.2, 0.25) is 0 Å². The first-order valence-corrected chi connectivity index (χ1v) is 10.5. The highest BCUT2D eigenvalue weighted by molar-refractivity contribution is 7.99. The summed E-state index contributed by atoms with van der Waals surface area (Å²) in [5.74, 6) is 0.994. The fraction of sp³-hybridized carbons (Fsp3) is 0.250. The minimum absolute atomic E-state index is 0.682. The highest BCUT2D eigenvalue weighted by Gasteiger charge is 2.15. The van der Waals surface area contributed by atoms with Crippen LogP contribution in [0.25, 0.3) is 22.4 Å². The van der Waals surface area contributed by atoms with E-state index in [1.165, 1.54) is 19.3 Å². The van der Waals surface area contributed by atoms with Crippen molar-refractivity contribution in [3.8, 4) is 28.5 Å². The van der Waals surface area contributed by atoms with Gasteiger partial charge in [0.2, 0.25) is 0 Å². The predicted octanol–water partition coefficient (Wildman–Crippen LogP) is 6.96. The second-order valence-electron chi connectivity index (χ2n) is 6.49. The first-order chi connectivity index (χ1) is 13.3. The molecule has 0 saturated heterocycles. The van der Waals surface area contributed by atoms with Crippen molar-refractivity contribution in [2.75, 3.05) is 5.75 Å². The molecule has 0 radical (unpaired) electrons. The van der Waals surface area contributed by atoms with Crippen molar-refractivity contribution in [2.45, 2.75) is 37.6 Å². The van der Waals surface area contributed by atoms with E-state index < -0.39 is 0 Å². The molecule has 0 aliphatic heterocycles. The summed E-state index contributed by atoms with van der Waals surface area (Å²) in [5.41, 5.74) is 4.70. The van der Waals surface area contributed by atoms with E-state index in [9.17, 15) is 5.26 Å². The molecule has 0 unspecified atom stereocenters. The fourth-order valence-corrected chi connectivity index (χ4v) is 4.04. The van der Waals surface area contributed by atoms with E-state index >= 15 is 0 Å². The molecule has 0 bridgehead atoms. The Hall–Kier alpha value is -2.57. The topological polar surface area (TPSA) is 36.7 Å². The number of hydrogen-bond donors (Lipinski definition) is 0. The number of nitrogens with zero attached hydrogens (tertiary/aromatic N) is 2.